The lowest BCUT2D eigenvalue weighted by atomic mass is 10.0. The van der Waals surface area contributed by atoms with Crippen molar-refractivity contribution in [3.05, 3.63) is 53.3 Å². The van der Waals surface area contributed by atoms with Gasteiger partial charge < -0.3 is 15.5 Å². The zero-order chi connectivity index (χ0) is 27.3. The Labute approximate surface area is 231 Å². The first-order chi connectivity index (χ1) is 18.8. The Morgan fingerprint density at radius 3 is 2.59 bits per heavy atom. The molecule has 1 aliphatic carbocycles. The van der Waals surface area contributed by atoms with Gasteiger partial charge in [-0.25, -0.2) is 15.0 Å². The number of hydrogen-bond acceptors (Lipinski definition) is 9. The molecule has 3 atom stereocenters. The van der Waals surface area contributed by atoms with Crippen LogP contribution in [0.25, 0.3) is 22.0 Å². The van der Waals surface area contributed by atoms with Gasteiger partial charge in [-0.15, -0.1) is 0 Å². The first kappa shape index (κ1) is 25.0. The molecule has 2 aliphatic rings. The number of nitrogens with zero attached hydrogens (tertiary/aromatic N) is 7. The number of fused-ring (bicyclic) bond motifs is 2. The number of halogens is 1. The minimum atomic E-state index is -0.608. The summed E-state index contributed by atoms with van der Waals surface area (Å²) in [6.07, 6.45) is 7.86. The number of Topliss-reactive ketones (excluding diaryl/α,β-unsaturated/α-hetero) is 1. The van der Waals surface area contributed by atoms with E-state index < -0.39 is 6.04 Å². The molecule has 6 rings (SSSR count). The van der Waals surface area contributed by atoms with E-state index in [-0.39, 0.29) is 35.9 Å². The van der Waals surface area contributed by atoms with Crippen molar-refractivity contribution in [2.45, 2.75) is 38.4 Å². The van der Waals surface area contributed by atoms with E-state index in [1.165, 1.54) is 19.3 Å². The Kier molecular flexibility index (Phi) is 6.29. The predicted octanol–water partition coefficient (Wildman–Crippen LogP) is 2.92. The molecule has 3 aromatic heterocycles. The Bertz CT molecular complexity index is 1620. The number of aromatic nitrogens is 6. The lowest BCUT2D eigenvalue weighted by molar-refractivity contribution is -0.138. The van der Waals surface area contributed by atoms with Crippen LogP contribution in [0.15, 0.2) is 47.6 Å². The third-order valence-corrected chi connectivity index (χ3v) is 7.51. The van der Waals surface area contributed by atoms with Gasteiger partial charge in [-0.2, -0.15) is 5.10 Å². The molecule has 198 valence electrons. The number of amides is 2. The highest BCUT2D eigenvalue weighted by Crippen LogP contribution is 2.48. The molecule has 1 saturated carbocycles. The summed E-state index contributed by atoms with van der Waals surface area (Å²) in [5, 5.41) is 10.8. The minimum absolute atomic E-state index is 0.0307. The summed E-state index contributed by atoms with van der Waals surface area (Å²) in [6, 6.07) is 5.00. The summed E-state index contributed by atoms with van der Waals surface area (Å²) in [6.45, 7) is 1.36. The van der Waals surface area contributed by atoms with Crippen LogP contribution in [-0.2, 0) is 16.1 Å². The van der Waals surface area contributed by atoms with Crippen molar-refractivity contribution in [2.24, 2.45) is 5.92 Å². The topological polar surface area (TPSA) is 148 Å². The Balaban J connectivity index is 1.26. The van der Waals surface area contributed by atoms with Crippen molar-refractivity contribution in [2.75, 3.05) is 17.7 Å². The van der Waals surface area contributed by atoms with E-state index in [1.807, 2.05) is 18.2 Å². The number of ketones is 1. The van der Waals surface area contributed by atoms with E-state index in [2.05, 4.69) is 51.6 Å². The van der Waals surface area contributed by atoms with Crippen molar-refractivity contribution in [3.8, 4) is 11.1 Å². The molecule has 4 aromatic rings. The second-order valence-corrected chi connectivity index (χ2v) is 10.5. The second kappa shape index (κ2) is 9.80. The number of nitrogens with one attached hydrogen (secondary N) is 2. The van der Waals surface area contributed by atoms with Crippen molar-refractivity contribution >= 4 is 56.2 Å². The SMILES string of the molecule is CNc1ncc(-c2ccc3c(c2)c(C(C)=O)nn3CC(=O)N2[C@@H]3C[C@@H]3C[C@H]2C(=O)Nc2cncc(Br)n2)cn1. The smallest absolute Gasteiger partial charge is 0.248 e. The fourth-order valence-electron chi connectivity index (χ4n) is 5.22. The highest BCUT2D eigenvalue weighted by atomic mass is 79.9. The van der Waals surface area contributed by atoms with Crippen LogP contribution >= 0.6 is 15.9 Å². The summed E-state index contributed by atoms with van der Waals surface area (Å²) < 4.78 is 2.04. The van der Waals surface area contributed by atoms with Gasteiger partial charge in [0.15, 0.2) is 11.6 Å². The van der Waals surface area contributed by atoms with E-state index in [0.29, 0.717) is 39.6 Å². The molecular formula is C26H24BrN9O3. The molecule has 39 heavy (non-hydrogen) atoms. The van der Waals surface area contributed by atoms with Crippen LogP contribution in [0.1, 0.15) is 30.3 Å². The van der Waals surface area contributed by atoms with Crippen LogP contribution in [0.2, 0.25) is 0 Å². The third kappa shape index (κ3) is 4.73. The van der Waals surface area contributed by atoms with Gasteiger partial charge in [0.2, 0.25) is 17.8 Å². The molecular weight excluding hydrogens is 566 g/mol. The summed E-state index contributed by atoms with van der Waals surface area (Å²) in [4.78, 5) is 57.6. The standard InChI is InChI=1S/C26H24BrN9O3/c1-13(37)24-17-5-14(16-8-30-26(28-2)31-9-16)3-4-18(17)35(34-24)12-23(38)36-19-6-15(19)7-20(36)25(39)33-22-11-29-10-21(27)32-22/h3-5,8-11,15,19-20H,6-7,12H2,1-2H3,(H,28,30,31)(H,32,33,39)/t15-,19-,20+/m1/s1. The Morgan fingerprint density at radius 1 is 1.08 bits per heavy atom. The van der Waals surface area contributed by atoms with Crippen molar-refractivity contribution < 1.29 is 14.4 Å². The van der Waals surface area contributed by atoms with Gasteiger partial charge in [0.05, 0.1) is 17.9 Å². The van der Waals surface area contributed by atoms with E-state index >= 15 is 0 Å². The molecule has 1 aliphatic heterocycles. The minimum Gasteiger partial charge on any atom is -0.357 e. The zero-order valence-electron chi connectivity index (χ0n) is 21.1. The Morgan fingerprint density at radius 2 is 1.87 bits per heavy atom. The highest BCUT2D eigenvalue weighted by Gasteiger charge is 2.56. The fourth-order valence-corrected chi connectivity index (χ4v) is 5.53. The average molecular weight is 590 g/mol. The monoisotopic (exact) mass is 589 g/mol. The van der Waals surface area contributed by atoms with E-state index in [0.717, 1.165) is 17.5 Å². The number of anilines is 2. The number of likely N-dealkylation sites (tertiary alicyclic amines) is 1. The van der Waals surface area contributed by atoms with E-state index in [1.54, 1.807) is 29.0 Å². The summed E-state index contributed by atoms with van der Waals surface area (Å²) in [5.41, 5.74) is 2.55. The molecule has 4 heterocycles. The molecule has 2 N–H and O–H groups in total. The average Bonchev–Trinajstić information content (AvgIpc) is 3.43. The first-order valence-corrected chi connectivity index (χ1v) is 13.2. The number of hydrogen-bond donors (Lipinski definition) is 2. The lowest BCUT2D eigenvalue weighted by Gasteiger charge is -2.26. The molecule has 1 aromatic carbocycles. The maximum Gasteiger partial charge on any atom is 0.248 e. The molecule has 0 bridgehead atoms. The normalized spacial score (nSPS) is 19.6. The van der Waals surface area contributed by atoms with Crippen molar-refractivity contribution in [1.82, 2.24) is 34.6 Å². The highest BCUT2D eigenvalue weighted by molar-refractivity contribution is 9.10. The van der Waals surface area contributed by atoms with Crippen LogP contribution < -0.4 is 10.6 Å². The van der Waals surface area contributed by atoms with Gasteiger partial charge in [0.1, 0.15) is 22.9 Å². The van der Waals surface area contributed by atoms with Gasteiger partial charge in [0, 0.05) is 43.4 Å². The molecule has 1 saturated heterocycles. The lowest BCUT2D eigenvalue weighted by Crippen LogP contribution is -2.46. The molecule has 13 heteroatoms. The molecule has 0 radical (unpaired) electrons. The molecule has 12 nitrogen and oxygen atoms in total. The molecule has 2 fully saturated rings. The molecule has 0 spiro atoms. The van der Waals surface area contributed by atoms with Crippen molar-refractivity contribution in [1.29, 1.82) is 0 Å². The predicted molar refractivity (Wildman–Crippen MR) is 146 cm³/mol. The van der Waals surface area contributed by atoms with Crippen LogP contribution in [0.5, 0.6) is 0 Å². The Hall–Kier alpha value is -4.26. The molecule has 0 unspecified atom stereocenters. The van der Waals surface area contributed by atoms with E-state index in [9.17, 15) is 14.4 Å². The van der Waals surface area contributed by atoms with Gasteiger partial charge in [-0.3, -0.25) is 24.0 Å². The van der Waals surface area contributed by atoms with Gasteiger partial charge in [-0.05, 0) is 52.4 Å². The van der Waals surface area contributed by atoms with E-state index in [4.69, 9.17) is 0 Å². The number of carbonyl (C=O) groups is 3. The summed E-state index contributed by atoms with van der Waals surface area (Å²) in [5.74, 6) is 0.398. The number of benzene rings is 1. The van der Waals surface area contributed by atoms with Crippen LogP contribution in [-0.4, -0.2) is 71.3 Å². The van der Waals surface area contributed by atoms with Gasteiger partial charge >= 0.3 is 0 Å². The first-order valence-electron chi connectivity index (χ1n) is 12.4. The quantitative estimate of drug-likeness (QED) is 0.310. The largest absolute Gasteiger partial charge is 0.357 e. The maximum atomic E-state index is 13.6. The second-order valence-electron chi connectivity index (χ2n) is 9.67. The summed E-state index contributed by atoms with van der Waals surface area (Å²) in [7, 11) is 1.74. The number of rotatable bonds is 7. The van der Waals surface area contributed by atoms with Crippen molar-refractivity contribution in [3.63, 3.8) is 0 Å². The van der Waals surface area contributed by atoms with Crippen LogP contribution in [0.3, 0.4) is 0 Å². The van der Waals surface area contributed by atoms with Crippen LogP contribution in [0, 0.1) is 5.92 Å². The summed E-state index contributed by atoms with van der Waals surface area (Å²) >= 11 is 3.25. The number of carbonyl (C=O) groups excluding carboxylic acids is 3. The van der Waals surface area contributed by atoms with Crippen LogP contribution in [0.4, 0.5) is 11.8 Å². The maximum absolute atomic E-state index is 13.6. The number of piperidine rings is 1. The molecule has 2 amide bonds. The van der Waals surface area contributed by atoms with Gasteiger partial charge in [-0.1, -0.05) is 6.07 Å². The van der Waals surface area contributed by atoms with Gasteiger partial charge in [0.25, 0.3) is 0 Å². The third-order valence-electron chi connectivity index (χ3n) is 7.13. The fraction of sp³-hybridized carbons (Fsp3) is 0.308. The zero-order valence-corrected chi connectivity index (χ0v) is 22.7.